The molecule has 3 aliphatic rings. The molecule has 3 fully saturated rings. The molecular formula is C28H47F3O3. The van der Waals surface area contributed by atoms with Crippen LogP contribution in [0.1, 0.15) is 122 Å². The largest absolute Gasteiger partial charge is 0.462 e. The number of carbonyl (C=O) groups is 1. The lowest BCUT2D eigenvalue weighted by Gasteiger charge is -2.38. The molecule has 0 amide bonds. The molecule has 34 heavy (non-hydrogen) atoms. The van der Waals surface area contributed by atoms with Gasteiger partial charge < -0.3 is 9.47 Å². The zero-order chi connectivity index (χ0) is 24.4. The van der Waals surface area contributed by atoms with E-state index >= 15 is 0 Å². The topological polar surface area (TPSA) is 35.5 Å². The van der Waals surface area contributed by atoms with E-state index in [1.54, 1.807) is 0 Å². The lowest BCUT2D eigenvalue weighted by Crippen LogP contribution is -2.34. The fraction of sp³-hybridized carbons (Fsp3) is 0.964. The normalized spacial score (nSPS) is 32.9. The van der Waals surface area contributed by atoms with Crippen molar-refractivity contribution in [3.05, 3.63) is 0 Å². The number of ether oxygens (including phenoxy) is 2. The van der Waals surface area contributed by atoms with Crippen LogP contribution in [0.2, 0.25) is 0 Å². The third-order valence-corrected chi connectivity index (χ3v) is 8.77. The van der Waals surface area contributed by atoms with E-state index in [-0.39, 0.29) is 24.1 Å². The van der Waals surface area contributed by atoms with Crippen LogP contribution in [0, 0.1) is 23.7 Å². The molecular weight excluding hydrogens is 441 g/mol. The summed E-state index contributed by atoms with van der Waals surface area (Å²) >= 11 is 0. The number of alkyl halides is 3. The van der Waals surface area contributed by atoms with Crippen LogP contribution in [0.4, 0.5) is 13.2 Å². The Morgan fingerprint density at radius 1 is 0.735 bits per heavy atom. The Labute approximate surface area is 204 Å². The number of rotatable bonds is 11. The molecule has 0 aromatic rings. The van der Waals surface area contributed by atoms with Crippen molar-refractivity contribution in [1.82, 2.24) is 0 Å². The van der Waals surface area contributed by atoms with Crippen LogP contribution in [0.5, 0.6) is 0 Å². The molecule has 0 atom stereocenters. The lowest BCUT2D eigenvalue weighted by molar-refractivity contribution is -0.190. The van der Waals surface area contributed by atoms with E-state index in [0.29, 0.717) is 25.7 Å². The summed E-state index contributed by atoms with van der Waals surface area (Å²) in [5, 5.41) is 0. The minimum absolute atomic E-state index is 0.00918. The van der Waals surface area contributed by atoms with Crippen molar-refractivity contribution < 1.29 is 27.4 Å². The maximum atomic E-state index is 12.7. The third-order valence-electron chi connectivity index (χ3n) is 8.77. The standard InChI is InChI=1S/C28H47F3O3/c1-2-3-4-5-6-7-21-8-10-22(11-9-21)23-12-14-24(15-13-23)27(32)34-26-18-16-25(17-19-26)33-20-28(29,30)31/h21-26H,2-20H2,1H3. The van der Waals surface area contributed by atoms with Crippen LogP contribution in [-0.2, 0) is 14.3 Å². The molecule has 3 aliphatic carbocycles. The molecule has 0 aliphatic heterocycles. The van der Waals surface area contributed by atoms with E-state index in [2.05, 4.69) is 6.92 Å². The highest BCUT2D eigenvalue weighted by molar-refractivity contribution is 5.72. The fourth-order valence-corrected chi connectivity index (χ4v) is 6.60. The average Bonchev–Trinajstić information content (AvgIpc) is 2.83. The molecule has 198 valence electrons. The van der Waals surface area contributed by atoms with E-state index in [1.165, 1.54) is 64.2 Å². The Kier molecular flexibility index (Phi) is 11.5. The summed E-state index contributed by atoms with van der Waals surface area (Å²) in [5.41, 5.74) is 0. The van der Waals surface area contributed by atoms with Crippen molar-refractivity contribution >= 4 is 5.97 Å². The Bertz CT molecular complexity index is 570. The Morgan fingerprint density at radius 3 is 1.88 bits per heavy atom. The number of unbranched alkanes of at least 4 members (excludes halogenated alkanes) is 4. The van der Waals surface area contributed by atoms with Crippen LogP contribution in [-0.4, -0.2) is 31.0 Å². The van der Waals surface area contributed by atoms with E-state index in [0.717, 1.165) is 43.4 Å². The minimum Gasteiger partial charge on any atom is -0.462 e. The summed E-state index contributed by atoms with van der Waals surface area (Å²) < 4.78 is 47.7. The third kappa shape index (κ3) is 9.70. The number of halogens is 3. The second-order valence-corrected chi connectivity index (χ2v) is 11.4. The van der Waals surface area contributed by atoms with Gasteiger partial charge in [-0.05, 0) is 82.0 Å². The van der Waals surface area contributed by atoms with Crippen molar-refractivity contribution in [2.75, 3.05) is 6.61 Å². The molecule has 0 heterocycles. The van der Waals surface area contributed by atoms with Gasteiger partial charge in [0.15, 0.2) is 0 Å². The van der Waals surface area contributed by atoms with Crippen LogP contribution in [0.15, 0.2) is 0 Å². The second-order valence-electron chi connectivity index (χ2n) is 11.4. The van der Waals surface area contributed by atoms with Crippen molar-refractivity contribution in [3.8, 4) is 0 Å². The number of hydrogen-bond donors (Lipinski definition) is 0. The maximum absolute atomic E-state index is 12.7. The quantitative estimate of drug-likeness (QED) is 0.216. The summed E-state index contributed by atoms with van der Waals surface area (Å²) in [5.74, 6) is 2.49. The highest BCUT2D eigenvalue weighted by Crippen LogP contribution is 2.42. The van der Waals surface area contributed by atoms with Crippen LogP contribution in [0.25, 0.3) is 0 Å². The van der Waals surface area contributed by atoms with Crippen LogP contribution < -0.4 is 0 Å². The van der Waals surface area contributed by atoms with Gasteiger partial charge in [0.05, 0.1) is 12.0 Å². The lowest BCUT2D eigenvalue weighted by atomic mass is 9.68. The first-order valence-electron chi connectivity index (χ1n) is 14.2. The first kappa shape index (κ1) is 27.8. The van der Waals surface area contributed by atoms with Crippen molar-refractivity contribution in [2.45, 2.75) is 141 Å². The maximum Gasteiger partial charge on any atom is 0.411 e. The van der Waals surface area contributed by atoms with Gasteiger partial charge in [-0.2, -0.15) is 13.2 Å². The first-order chi connectivity index (χ1) is 16.3. The summed E-state index contributed by atoms with van der Waals surface area (Å²) in [6, 6.07) is 0. The molecule has 0 bridgehead atoms. The molecule has 0 spiro atoms. The Morgan fingerprint density at radius 2 is 1.29 bits per heavy atom. The van der Waals surface area contributed by atoms with Gasteiger partial charge in [0.2, 0.25) is 0 Å². The summed E-state index contributed by atoms with van der Waals surface area (Å²) in [6.45, 7) is 1.08. The molecule has 0 N–H and O–H groups in total. The zero-order valence-electron chi connectivity index (χ0n) is 21.3. The highest BCUT2D eigenvalue weighted by atomic mass is 19.4. The number of carbonyl (C=O) groups excluding carboxylic acids is 1. The van der Waals surface area contributed by atoms with Gasteiger partial charge in [-0.15, -0.1) is 0 Å². The SMILES string of the molecule is CCCCCCCC1CCC(C2CCC(C(=O)OC3CCC(OCC(F)(F)F)CC3)CC2)CC1. The highest BCUT2D eigenvalue weighted by Gasteiger charge is 2.35. The first-order valence-corrected chi connectivity index (χ1v) is 14.2. The smallest absolute Gasteiger partial charge is 0.411 e. The molecule has 3 nitrogen and oxygen atoms in total. The van der Waals surface area contributed by atoms with Gasteiger partial charge in [0, 0.05) is 0 Å². The second kappa shape index (κ2) is 14.1. The fourth-order valence-electron chi connectivity index (χ4n) is 6.60. The van der Waals surface area contributed by atoms with E-state index in [9.17, 15) is 18.0 Å². The number of esters is 1. The Hall–Kier alpha value is -0.780. The van der Waals surface area contributed by atoms with Gasteiger partial charge in [-0.1, -0.05) is 58.3 Å². The van der Waals surface area contributed by atoms with Gasteiger partial charge in [-0.3, -0.25) is 4.79 Å². The number of hydrogen-bond acceptors (Lipinski definition) is 3. The summed E-state index contributed by atoms with van der Waals surface area (Å²) in [7, 11) is 0. The molecule has 0 aromatic heterocycles. The molecule has 0 unspecified atom stereocenters. The van der Waals surface area contributed by atoms with Crippen LogP contribution in [0.3, 0.4) is 0 Å². The molecule has 0 radical (unpaired) electrons. The Balaban J connectivity index is 1.26. The average molecular weight is 489 g/mol. The van der Waals surface area contributed by atoms with Crippen molar-refractivity contribution in [1.29, 1.82) is 0 Å². The molecule has 0 saturated heterocycles. The van der Waals surface area contributed by atoms with E-state index < -0.39 is 12.8 Å². The van der Waals surface area contributed by atoms with Gasteiger partial charge in [-0.25, -0.2) is 0 Å². The monoisotopic (exact) mass is 488 g/mol. The summed E-state index contributed by atoms with van der Waals surface area (Å²) in [4.78, 5) is 12.7. The van der Waals surface area contributed by atoms with Gasteiger partial charge >= 0.3 is 12.1 Å². The summed E-state index contributed by atoms with van der Waals surface area (Å²) in [6.07, 6.45) is 15.5. The molecule has 6 heteroatoms. The van der Waals surface area contributed by atoms with Crippen molar-refractivity contribution in [3.63, 3.8) is 0 Å². The molecule has 3 rings (SSSR count). The minimum atomic E-state index is -4.28. The predicted octanol–water partition coefficient (Wildman–Crippen LogP) is 8.39. The van der Waals surface area contributed by atoms with E-state index in [1.807, 2.05) is 0 Å². The van der Waals surface area contributed by atoms with Crippen LogP contribution >= 0.6 is 0 Å². The van der Waals surface area contributed by atoms with Gasteiger partial charge in [0.25, 0.3) is 0 Å². The van der Waals surface area contributed by atoms with Gasteiger partial charge in [0.1, 0.15) is 12.7 Å². The molecule has 3 saturated carbocycles. The molecule has 0 aromatic carbocycles. The zero-order valence-corrected chi connectivity index (χ0v) is 21.3. The van der Waals surface area contributed by atoms with E-state index in [4.69, 9.17) is 9.47 Å². The van der Waals surface area contributed by atoms with Crippen molar-refractivity contribution in [2.24, 2.45) is 23.7 Å². The predicted molar refractivity (Wildman–Crippen MR) is 128 cm³/mol.